The summed E-state index contributed by atoms with van der Waals surface area (Å²) in [6.07, 6.45) is 0. The van der Waals surface area contributed by atoms with Gasteiger partial charge < -0.3 is 31.1 Å². The molecule has 7 heteroatoms. The SMILES string of the molecule is C=C(Nc1ccc(O)c(O)c1)C(=O)Nc1ccc(O)c(O)c1. The first-order valence-electron chi connectivity index (χ1n) is 6.18. The molecule has 114 valence electrons. The summed E-state index contributed by atoms with van der Waals surface area (Å²) in [5.41, 5.74) is 0.624. The Labute approximate surface area is 125 Å². The number of nitrogens with one attached hydrogen (secondary N) is 2. The van der Waals surface area contributed by atoms with Crippen molar-refractivity contribution in [1.82, 2.24) is 0 Å². The van der Waals surface area contributed by atoms with Crippen LogP contribution in [0.25, 0.3) is 0 Å². The normalized spacial score (nSPS) is 10.0. The van der Waals surface area contributed by atoms with Crippen molar-refractivity contribution < 1.29 is 25.2 Å². The van der Waals surface area contributed by atoms with Crippen LogP contribution >= 0.6 is 0 Å². The van der Waals surface area contributed by atoms with Crippen LogP contribution in [0.15, 0.2) is 48.7 Å². The summed E-state index contributed by atoms with van der Waals surface area (Å²) < 4.78 is 0. The second kappa shape index (κ2) is 5.96. The van der Waals surface area contributed by atoms with E-state index in [-0.39, 0.29) is 34.4 Å². The maximum Gasteiger partial charge on any atom is 0.271 e. The Bertz CT molecular complexity index is 679. The standard InChI is InChI=1S/C15H14N2O5/c1-8(16-9-2-4-11(18)13(20)6-9)15(22)17-10-3-5-12(19)14(21)7-10/h2-7,16,18-21H,1H2,(H,17,22). The molecule has 0 fully saturated rings. The molecule has 0 aliphatic carbocycles. The van der Waals surface area contributed by atoms with E-state index >= 15 is 0 Å². The largest absolute Gasteiger partial charge is 0.504 e. The molecule has 0 aliphatic rings. The van der Waals surface area contributed by atoms with E-state index < -0.39 is 5.91 Å². The Morgan fingerprint density at radius 3 is 1.68 bits per heavy atom. The minimum atomic E-state index is -0.572. The van der Waals surface area contributed by atoms with Crippen LogP contribution in [-0.4, -0.2) is 26.3 Å². The number of carbonyl (C=O) groups excluding carboxylic acids is 1. The van der Waals surface area contributed by atoms with E-state index in [1.54, 1.807) is 0 Å². The molecule has 1 amide bonds. The Morgan fingerprint density at radius 2 is 1.23 bits per heavy atom. The van der Waals surface area contributed by atoms with E-state index in [9.17, 15) is 25.2 Å². The summed E-state index contributed by atoms with van der Waals surface area (Å²) in [4.78, 5) is 11.9. The van der Waals surface area contributed by atoms with Gasteiger partial charge in [-0.05, 0) is 24.3 Å². The first-order valence-corrected chi connectivity index (χ1v) is 6.18. The van der Waals surface area contributed by atoms with Crippen molar-refractivity contribution in [3.05, 3.63) is 48.7 Å². The van der Waals surface area contributed by atoms with Crippen LogP contribution in [0.2, 0.25) is 0 Å². The van der Waals surface area contributed by atoms with Gasteiger partial charge in [-0.1, -0.05) is 6.58 Å². The van der Waals surface area contributed by atoms with E-state index in [1.165, 1.54) is 36.4 Å². The topological polar surface area (TPSA) is 122 Å². The molecule has 0 bridgehead atoms. The van der Waals surface area contributed by atoms with Gasteiger partial charge in [0.05, 0.1) is 5.70 Å². The molecule has 0 aromatic heterocycles. The van der Waals surface area contributed by atoms with E-state index in [0.717, 1.165) is 0 Å². The van der Waals surface area contributed by atoms with Crippen molar-refractivity contribution in [3.63, 3.8) is 0 Å². The maximum atomic E-state index is 11.9. The van der Waals surface area contributed by atoms with E-state index in [4.69, 9.17) is 0 Å². The lowest BCUT2D eigenvalue weighted by atomic mass is 10.2. The fourth-order valence-electron chi connectivity index (χ4n) is 1.64. The van der Waals surface area contributed by atoms with Gasteiger partial charge in [0.25, 0.3) is 5.91 Å². The highest BCUT2D eigenvalue weighted by molar-refractivity contribution is 6.05. The molecule has 2 rings (SSSR count). The molecule has 22 heavy (non-hydrogen) atoms. The van der Waals surface area contributed by atoms with Gasteiger partial charge in [0, 0.05) is 23.5 Å². The molecule has 0 spiro atoms. The number of phenols is 4. The molecule has 0 radical (unpaired) electrons. The van der Waals surface area contributed by atoms with Crippen LogP contribution < -0.4 is 10.6 Å². The maximum absolute atomic E-state index is 11.9. The molecule has 0 unspecified atom stereocenters. The third-order valence-corrected chi connectivity index (χ3v) is 2.78. The van der Waals surface area contributed by atoms with E-state index in [1.807, 2.05) is 0 Å². The van der Waals surface area contributed by atoms with Crippen molar-refractivity contribution in [2.24, 2.45) is 0 Å². The molecule has 0 aliphatic heterocycles. The number of hydrogen-bond acceptors (Lipinski definition) is 6. The minimum Gasteiger partial charge on any atom is -0.504 e. The van der Waals surface area contributed by atoms with Gasteiger partial charge in [-0.3, -0.25) is 4.79 Å². The molecular weight excluding hydrogens is 288 g/mol. The lowest BCUT2D eigenvalue weighted by Crippen LogP contribution is -2.18. The van der Waals surface area contributed by atoms with Crippen molar-refractivity contribution in [3.8, 4) is 23.0 Å². The van der Waals surface area contributed by atoms with Gasteiger partial charge in [0.15, 0.2) is 23.0 Å². The molecule has 0 saturated carbocycles. The Balaban J connectivity index is 2.04. The molecule has 2 aromatic rings. The number of hydrogen-bond donors (Lipinski definition) is 6. The average molecular weight is 302 g/mol. The monoisotopic (exact) mass is 302 g/mol. The van der Waals surface area contributed by atoms with Crippen molar-refractivity contribution in [2.45, 2.75) is 0 Å². The second-order valence-electron chi connectivity index (χ2n) is 4.46. The van der Waals surface area contributed by atoms with Crippen molar-refractivity contribution in [2.75, 3.05) is 10.6 Å². The highest BCUT2D eigenvalue weighted by Crippen LogP contribution is 2.29. The zero-order valence-electron chi connectivity index (χ0n) is 11.4. The number of benzene rings is 2. The Kier molecular flexibility index (Phi) is 4.08. The highest BCUT2D eigenvalue weighted by Gasteiger charge is 2.10. The van der Waals surface area contributed by atoms with E-state index in [0.29, 0.717) is 5.69 Å². The van der Waals surface area contributed by atoms with E-state index in [2.05, 4.69) is 17.2 Å². The average Bonchev–Trinajstić information content (AvgIpc) is 2.46. The Hall–Kier alpha value is -3.35. The molecule has 0 saturated heterocycles. The van der Waals surface area contributed by atoms with Crippen LogP contribution in [0, 0.1) is 0 Å². The van der Waals surface area contributed by atoms with Gasteiger partial charge in [-0.15, -0.1) is 0 Å². The fraction of sp³-hybridized carbons (Fsp3) is 0. The Morgan fingerprint density at radius 1 is 0.773 bits per heavy atom. The number of amides is 1. The van der Waals surface area contributed by atoms with Crippen LogP contribution in [0.5, 0.6) is 23.0 Å². The fourth-order valence-corrected chi connectivity index (χ4v) is 1.64. The smallest absolute Gasteiger partial charge is 0.271 e. The van der Waals surface area contributed by atoms with Crippen molar-refractivity contribution >= 4 is 17.3 Å². The summed E-state index contributed by atoms with van der Waals surface area (Å²) in [6.45, 7) is 3.56. The number of aromatic hydroxyl groups is 4. The highest BCUT2D eigenvalue weighted by atomic mass is 16.3. The van der Waals surface area contributed by atoms with Crippen molar-refractivity contribution in [1.29, 1.82) is 0 Å². The van der Waals surface area contributed by atoms with Crippen LogP contribution in [-0.2, 0) is 4.79 Å². The predicted molar refractivity (Wildman–Crippen MR) is 80.9 cm³/mol. The lowest BCUT2D eigenvalue weighted by Gasteiger charge is -2.11. The molecule has 0 atom stereocenters. The van der Waals surface area contributed by atoms with Gasteiger partial charge in [-0.2, -0.15) is 0 Å². The van der Waals surface area contributed by atoms with Gasteiger partial charge in [-0.25, -0.2) is 0 Å². The third-order valence-electron chi connectivity index (χ3n) is 2.78. The minimum absolute atomic E-state index is 0.0161. The first-order chi connectivity index (χ1) is 10.4. The lowest BCUT2D eigenvalue weighted by molar-refractivity contribution is -0.112. The van der Waals surface area contributed by atoms with Crippen LogP contribution in [0.3, 0.4) is 0 Å². The second-order valence-corrected chi connectivity index (χ2v) is 4.46. The number of rotatable bonds is 4. The number of anilines is 2. The van der Waals surface area contributed by atoms with Crippen LogP contribution in [0.1, 0.15) is 0 Å². The first kappa shape index (κ1) is 15.0. The molecule has 7 nitrogen and oxygen atoms in total. The molecular formula is C15H14N2O5. The molecule has 6 N–H and O–H groups in total. The van der Waals surface area contributed by atoms with Gasteiger partial charge in [0.2, 0.25) is 0 Å². The summed E-state index contributed by atoms with van der Waals surface area (Å²) in [5.74, 6) is -1.84. The number of phenolic OH excluding ortho intramolecular Hbond substituents is 4. The molecule has 2 aromatic carbocycles. The quantitative estimate of drug-likeness (QED) is 0.292. The van der Waals surface area contributed by atoms with Gasteiger partial charge in [0.1, 0.15) is 0 Å². The molecule has 0 heterocycles. The summed E-state index contributed by atoms with van der Waals surface area (Å²) in [6, 6.07) is 7.79. The summed E-state index contributed by atoms with van der Waals surface area (Å²) in [7, 11) is 0. The zero-order chi connectivity index (χ0) is 16.3. The summed E-state index contributed by atoms with van der Waals surface area (Å²) >= 11 is 0. The summed E-state index contributed by atoms with van der Waals surface area (Å²) in [5, 5.41) is 42.3. The third kappa shape index (κ3) is 3.40. The number of carbonyl (C=O) groups is 1. The van der Waals surface area contributed by atoms with Crippen LogP contribution in [0.4, 0.5) is 11.4 Å². The predicted octanol–water partition coefficient (Wildman–Crippen LogP) is 2.07. The zero-order valence-corrected chi connectivity index (χ0v) is 11.4. The van der Waals surface area contributed by atoms with Gasteiger partial charge >= 0.3 is 0 Å².